The maximum absolute atomic E-state index is 12.6. The van der Waals surface area contributed by atoms with Crippen molar-refractivity contribution < 1.29 is 9.59 Å². The Morgan fingerprint density at radius 3 is 2.50 bits per heavy atom. The Kier molecular flexibility index (Phi) is 7.97. The molecule has 1 amide bonds. The second-order valence-electron chi connectivity index (χ2n) is 7.44. The molecule has 0 spiro atoms. The molecule has 1 aromatic carbocycles. The molecule has 1 fully saturated rings. The first-order valence-electron chi connectivity index (χ1n) is 9.50. The highest BCUT2D eigenvalue weighted by Crippen LogP contribution is 2.46. The van der Waals surface area contributed by atoms with Crippen molar-refractivity contribution in [3.8, 4) is 0 Å². The average molecular weight is 579 g/mol. The normalized spacial score (nSPS) is 19.4. The Balaban J connectivity index is 0.00000256. The minimum Gasteiger partial charge on any atom is -0.398 e. The lowest BCUT2D eigenvalue weighted by Gasteiger charge is -2.34. The highest BCUT2D eigenvalue weighted by molar-refractivity contribution is 9.12. The Bertz CT molecular complexity index is 947. The second-order valence-corrected chi connectivity index (χ2v) is 11.1. The van der Waals surface area contributed by atoms with Gasteiger partial charge in [-0.05, 0) is 43.5 Å². The second kappa shape index (κ2) is 10.1. The Hall–Kier alpha value is -0.970. The van der Waals surface area contributed by atoms with Crippen LogP contribution in [0.3, 0.4) is 0 Å². The van der Waals surface area contributed by atoms with Gasteiger partial charge in [-0.25, -0.2) is 0 Å². The van der Waals surface area contributed by atoms with Gasteiger partial charge in [0.25, 0.3) is 0 Å². The smallest absolute Gasteiger partial charge is 0.234 e. The Labute approximate surface area is 202 Å². The number of hydrogen-bond acceptors (Lipinski definition) is 6. The van der Waals surface area contributed by atoms with E-state index >= 15 is 0 Å². The van der Waals surface area contributed by atoms with E-state index in [2.05, 4.69) is 53.0 Å². The monoisotopic (exact) mass is 576 g/mol. The molecule has 1 atom stereocenters. The predicted octanol–water partition coefficient (Wildman–Crippen LogP) is 3.84. The van der Waals surface area contributed by atoms with E-state index in [9.17, 15) is 9.59 Å². The van der Waals surface area contributed by atoms with E-state index in [1.165, 1.54) is 11.3 Å². The average Bonchev–Trinajstić information content (AvgIpc) is 3.16. The summed E-state index contributed by atoms with van der Waals surface area (Å²) in [7, 11) is 0. The summed E-state index contributed by atoms with van der Waals surface area (Å²) >= 11 is 8.45. The lowest BCUT2D eigenvalue weighted by Crippen LogP contribution is -2.49. The number of nitrogens with one attached hydrogen (secondary N) is 1. The molecule has 30 heavy (non-hydrogen) atoms. The van der Waals surface area contributed by atoms with Gasteiger partial charge >= 0.3 is 0 Å². The van der Waals surface area contributed by atoms with Crippen LogP contribution in [0.15, 0.2) is 31.8 Å². The van der Waals surface area contributed by atoms with Gasteiger partial charge in [0.05, 0.1) is 20.2 Å². The fraction of sp³-hybridized carbons (Fsp3) is 0.400. The van der Waals surface area contributed by atoms with Gasteiger partial charge in [-0.1, -0.05) is 18.2 Å². The molecule has 6 nitrogen and oxygen atoms in total. The predicted molar refractivity (Wildman–Crippen MR) is 129 cm³/mol. The van der Waals surface area contributed by atoms with Crippen molar-refractivity contribution in [1.82, 2.24) is 15.1 Å². The number of nitrogens with two attached hydrogens (primary N) is 1. The SMILES string of the molecule is Cl.Nc1ccccc1CN1CCN(CC(=O)NC2CC(=O)c3c(Br)sc(Br)c32)CC1. The standard InChI is InChI=1S/C20H22Br2N4O2S.ClH/c21-19-17-14(9-15(27)18(17)20(22)29-19)24-16(28)11-26-7-5-25(6-8-26)10-12-3-1-2-4-13(12)23;/h1-4,14H,5-11,23H2,(H,24,28);1H. The molecule has 3 N–H and O–H groups in total. The number of ketones is 1. The summed E-state index contributed by atoms with van der Waals surface area (Å²) < 4.78 is 1.74. The minimum absolute atomic E-state index is 0. The van der Waals surface area contributed by atoms with E-state index in [1.807, 2.05) is 18.2 Å². The van der Waals surface area contributed by atoms with Crippen LogP contribution >= 0.6 is 55.6 Å². The maximum Gasteiger partial charge on any atom is 0.234 e. The molecular weight excluding hydrogens is 556 g/mol. The number of hydrogen-bond donors (Lipinski definition) is 2. The molecule has 1 unspecified atom stereocenters. The zero-order valence-electron chi connectivity index (χ0n) is 16.2. The number of piperazine rings is 1. The topological polar surface area (TPSA) is 78.7 Å². The number of carbonyl (C=O) groups excluding carboxylic acids is 2. The van der Waals surface area contributed by atoms with Gasteiger partial charge in [-0.2, -0.15) is 0 Å². The molecule has 0 saturated carbocycles. The molecule has 1 saturated heterocycles. The van der Waals surface area contributed by atoms with E-state index in [1.54, 1.807) is 0 Å². The third-order valence-corrected chi connectivity index (χ3v) is 8.07. The molecule has 0 bridgehead atoms. The summed E-state index contributed by atoms with van der Waals surface area (Å²) in [5, 5.41) is 3.05. The first kappa shape index (κ1) is 23.7. The summed E-state index contributed by atoms with van der Waals surface area (Å²) in [6, 6.07) is 7.70. The summed E-state index contributed by atoms with van der Waals surface area (Å²) in [5.74, 6) is 0.0403. The number of thiophene rings is 1. The van der Waals surface area contributed by atoms with Crippen LogP contribution in [0.2, 0.25) is 0 Å². The molecule has 1 aliphatic heterocycles. The number of halogens is 3. The van der Waals surface area contributed by atoms with Crippen molar-refractivity contribution in [2.45, 2.75) is 19.0 Å². The number of carbonyl (C=O) groups is 2. The largest absolute Gasteiger partial charge is 0.398 e. The zero-order valence-corrected chi connectivity index (χ0v) is 21.0. The summed E-state index contributed by atoms with van der Waals surface area (Å²) in [4.78, 5) is 29.4. The molecule has 1 aliphatic carbocycles. The number of rotatable bonds is 5. The first-order valence-corrected chi connectivity index (χ1v) is 11.9. The summed E-state index contributed by atoms with van der Waals surface area (Å²) in [6.07, 6.45) is 0.327. The van der Waals surface area contributed by atoms with Crippen molar-refractivity contribution >= 4 is 73.0 Å². The fourth-order valence-corrected chi connectivity index (χ4v) is 7.31. The number of para-hydroxylation sites is 1. The third kappa shape index (κ3) is 5.08. The summed E-state index contributed by atoms with van der Waals surface area (Å²) in [5.41, 5.74) is 9.63. The molecule has 2 aliphatic rings. The number of nitrogen functional groups attached to an aromatic ring is 1. The van der Waals surface area contributed by atoms with Gasteiger partial charge in [0.2, 0.25) is 5.91 Å². The number of nitrogens with zero attached hydrogens (tertiary/aromatic N) is 2. The van der Waals surface area contributed by atoms with Crippen LogP contribution in [-0.4, -0.2) is 54.2 Å². The highest BCUT2D eigenvalue weighted by Gasteiger charge is 2.36. The maximum atomic E-state index is 12.6. The van der Waals surface area contributed by atoms with Crippen molar-refractivity contribution in [2.24, 2.45) is 0 Å². The number of amides is 1. The quantitative estimate of drug-likeness (QED) is 0.528. The van der Waals surface area contributed by atoms with Crippen molar-refractivity contribution in [3.05, 3.63) is 48.5 Å². The van der Waals surface area contributed by atoms with Crippen molar-refractivity contribution in [2.75, 3.05) is 38.5 Å². The fourth-order valence-electron chi connectivity index (χ4n) is 3.94. The van der Waals surface area contributed by atoms with Gasteiger partial charge in [0, 0.05) is 56.0 Å². The van der Waals surface area contributed by atoms with Crippen LogP contribution in [0.1, 0.15) is 33.9 Å². The Morgan fingerprint density at radius 2 is 1.80 bits per heavy atom. The van der Waals surface area contributed by atoms with Crippen LogP contribution in [0.4, 0.5) is 5.69 Å². The molecule has 10 heteroatoms. The number of benzene rings is 1. The molecule has 1 aromatic heterocycles. The van der Waals surface area contributed by atoms with Gasteiger partial charge < -0.3 is 11.1 Å². The third-order valence-electron chi connectivity index (χ3n) is 5.49. The number of Topliss-reactive ketones (excluding diaryl/α,β-unsaturated/α-hetero) is 1. The van der Waals surface area contributed by atoms with Crippen LogP contribution in [0, 0.1) is 0 Å². The van der Waals surface area contributed by atoms with E-state index in [0.29, 0.717) is 18.5 Å². The van der Waals surface area contributed by atoms with E-state index < -0.39 is 0 Å². The van der Waals surface area contributed by atoms with Crippen LogP contribution in [0.5, 0.6) is 0 Å². The minimum atomic E-state index is -0.246. The van der Waals surface area contributed by atoms with E-state index in [-0.39, 0.29) is 30.1 Å². The van der Waals surface area contributed by atoms with Gasteiger partial charge in [-0.15, -0.1) is 23.7 Å². The highest BCUT2D eigenvalue weighted by atomic mass is 79.9. The van der Waals surface area contributed by atoms with E-state index in [0.717, 1.165) is 57.1 Å². The van der Waals surface area contributed by atoms with Gasteiger partial charge in [0.15, 0.2) is 5.78 Å². The molecule has 4 rings (SSSR count). The van der Waals surface area contributed by atoms with Crippen LogP contribution in [-0.2, 0) is 11.3 Å². The van der Waals surface area contributed by atoms with Crippen LogP contribution in [0.25, 0.3) is 0 Å². The summed E-state index contributed by atoms with van der Waals surface area (Å²) in [6.45, 7) is 4.66. The molecule has 162 valence electrons. The molecule has 0 radical (unpaired) electrons. The zero-order chi connectivity index (χ0) is 20.5. The molecule has 2 heterocycles. The van der Waals surface area contributed by atoms with Gasteiger partial charge in [0.1, 0.15) is 0 Å². The number of fused-ring (bicyclic) bond motifs is 1. The molecule has 2 aromatic rings. The number of anilines is 1. The molecular formula is C20H23Br2ClN4O2S. The van der Waals surface area contributed by atoms with Gasteiger partial charge in [-0.3, -0.25) is 19.4 Å². The van der Waals surface area contributed by atoms with Crippen molar-refractivity contribution in [3.63, 3.8) is 0 Å². The van der Waals surface area contributed by atoms with Crippen molar-refractivity contribution in [1.29, 1.82) is 0 Å². The van der Waals surface area contributed by atoms with Crippen LogP contribution < -0.4 is 11.1 Å². The van der Waals surface area contributed by atoms with E-state index in [4.69, 9.17) is 5.73 Å². The Morgan fingerprint density at radius 1 is 1.13 bits per heavy atom. The lowest BCUT2D eigenvalue weighted by atomic mass is 10.1. The lowest BCUT2D eigenvalue weighted by molar-refractivity contribution is -0.123. The first-order chi connectivity index (χ1) is 13.9.